The van der Waals surface area contributed by atoms with Crippen molar-refractivity contribution < 1.29 is 4.39 Å². The first-order valence-corrected chi connectivity index (χ1v) is 3.42. The van der Waals surface area contributed by atoms with Crippen molar-refractivity contribution in [3.63, 3.8) is 0 Å². The van der Waals surface area contributed by atoms with Crippen molar-refractivity contribution in [2.45, 2.75) is 24.6 Å². The molecule has 0 radical (unpaired) electrons. The van der Waals surface area contributed by atoms with Gasteiger partial charge >= 0.3 is 0 Å². The van der Waals surface area contributed by atoms with Crippen LogP contribution < -0.4 is 0 Å². The molecule has 0 bridgehead atoms. The van der Waals surface area contributed by atoms with E-state index in [1.54, 1.807) is 0 Å². The van der Waals surface area contributed by atoms with E-state index in [0.29, 0.717) is 0 Å². The van der Waals surface area contributed by atoms with Crippen LogP contribution in [0.1, 0.15) is 19.8 Å². The van der Waals surface area contributed by atoms with E-state index in [1.807, 2.05) is 6.92 Å². The lowest BCUT2D eigenvalue weighted by atomic mass is 10.3. The zero-order chi connectivity index (χ0) is 5.70. The third kappa shape index (κ3) is 4.26. The Balaban J connectivity index is 2.83. The second kappa shape index (κ2) is 4.57. The van der Waals surface area contributed by atoms with Crippen LogP contribution in [-0.2, 0) is 0 Å². The van der Waals surface area contributed by atoms with Crippen LogP contribution >= 0.6 is 15.9 Å². The minimum absolute atomic E-state index is 0.0949. The predicted octanol–water partition coefficient (Wildman–Crippen LogP) is 2.52. The molecule has 0 saturated heterocycles. The van der Waals surface area contributed by atoms with Crippen LogP contribution in [0.15, 0.2) is 0 Å². The van der Waals surface area contributed by atoms with Crippen LogP contribution in [0.4, 0.5) is 4.39 Å². The first kappa shape index (κ1) is 7.41. The third-order valence-electron chi connectivity index (χ3n) is 0.769. The second-order valence-electron chi connectivity index (χ2n) is 1.54. The van der Waals surface area contributed by atoms with E-state index >= 15 is 0 Å². The molecule has 0 N–H and O–H groups in total. The van der Waals surface area contributed by atoms with Crippen LogP contribution in [0.5, 0.6) is 0 Å². The monoisotopic (exact) mass is 168 g/mol. The Morgan fingerprint density at radius 2 is 2.29 bits per heavy atom. The SMILES string of the molecule is CCCC(Br)CF. The smallest absolute Gasteiger partial charge is 0.102 e. The Morgan fingerprint density at radius 1 is 1.71 bits per heavy atom. The maximum atomic E-state index is 11.5. The molecule has 0 rings (SSSR count). The van der Waals surface area contributed by atoms with E-state index in [9.17, 15) is 4.39 Å². The summed E-state index contributed by atoms with van der Waals surface area (Å²) in [4.78, 5) is 0.0949. The molecule has 0 amide bonds. The van der Waals surface area contributed by atoms with Crippen molar-refractivity contribution in [3.05, 3.63) is 0 Å². The molecule has 0 aromatic heterocycles. The van der Waals surface area contributed by atoms with Gasteiger partial charge in [0.05, 0.1) is 0 Å². The van der Waals surface area contributed by atoms with Gasteiger partial charge in [-0.05, 0) is 6.42 Å². The first-order valence-electron chi connectivity index (χ1n) is 2.51. The van der Waals surface area contributed by atoms with Crippen molar-refractivity contribution >= 4 is 15.9 Å². The van der Waals surface area contributed by atoms with Crippen LogP contribution in [-0.4, -0.2) is 11.5 Å². The largest absolute Gasteiger partial charge is 0.250 e. The fourth-order valence-electron chi connectivity index (χ4n) is 0.390. The Hall–Kier alpha value is 0.410. The summed E-state index contributed by atoms with van der Waals surface area (Å²) < 4.78 is 11.5. The molecule has 0 fully saturated rings. The highest BCUT2D eigenvalue weighted by Crippen LogP contribution is 2.06. The summed E-state index contributed by atoms with van der Waals surface area (Å²) in [6.45, 7) is 1.80. The third-order valence-corrected chi connectivity index (χ3v) is 1.47. The fraction of sp³-hybridized carbons (Fsp3) is 1.00. The molecule has 0 saturated carbocycles. The topological polar surface area (TPSA) is 0 Å². The van der Waals surface area contributed by atoms with Crippen molar-refractivity contribution in [2.75, 3.05) is 6.67 Å². The zero-order valence-electron chi connectivity index (χ0n) is 4.45. The van der Waals surface area contributed by atoms with Crippen LogP contribution in [0.3, 0.4) is 0 Å². The predicted molar refractivity (Wildman–Crippen MR) is 33.6 cm³/mol. The first-order chi connectivity index (χ1) is 3.31. The fourth-order valence-corrected chi connectivity index (χ4v) is 0.848. The molecular weight excluding hydrogens is 159 g/mol. The van der Waals surface area contributed by atoms with Gasteiger partial charge in [-0.1, -0.05) is 29.3 Å². The minimum Gasteiger partial charge on any atom is -0.250 e. The maximum absolute atomic E-state index is 11.5. The minimum atomic E-state index is -0.242. The van der Waals surface area contributed by atoms with E-state index in [0.717, 1.165) is 12.8 Å². The summed E-state index contributed by atoms with van der Waals surface area (Å²) in [5.41, 5.74) is 0. The number of rotatable bonds is 3. The average molecular weight is 169 g/mol. The highest BCUT2D eigenvalue weighted by Gasteiger charge is 1.97. The summed E-state index contributed by atoms with van der Waals surface area (Å²) in [5, 5.41) is 0. The van der Waals surface area contributed by atoms with Gasteiger partial charge in [0, 0.05) is 4.83 Å². The summed E-state index contributed by atoms with van der Waals surface area (Å²) >= 11 is 3.16. The second-order valence-corrected chi connectivity index (χ2v) is 2.84. The lowest BCUT2D eigenvalue weighted by Gasteiger charge is -1.97. The lowest BCUT2D eigenvalue weighted by molar-refractivity contribution is 0.473. The Labute approximate surface area is 52.2 Å². The Morgan fingerprint density at radius 3 is 2.43 bits per heavy atom. The molecule has 0 aromatic carbocycles. The molecule has 0 heterocycles. The van der Waals surface area contributed by atoms with Gasteiger partial charge < -0.3 is 0 Å². The van der Waals surface area contributed by atoms with Gasteiger partial charge in [-0.25, -0.2) is 4.39 Å². The number of halogens is 2. The molecule has 0 nitrogen and oxygen atoms in total. The summed E-state index contributed by atoms with van der Waals surface area (Å²) in [5.74, 6) is 0. The molecule has 0 aliphatic carbocycles. The molecule has 1 atom stereocenters. The quantitative estimate of drug-likeness (QED) is 0.569. The van der Waals surface area contributed by atoms with Gasteiger partial charge in [-0.15, -0.1) is 0 Å². The van der Waals surface area contributed by atoms with Gasteiger partial charge in [0.2, 0.25) is 0 Å². The highest BCUT2D eigenvalue weighted by molar-refractivity contribution is 9.09. The van der Waals surface area contributed by atoms with Crippen molar-refractivity contribution in [3.8, 4) is 0 Å². The van der Waals surface area contributed by atoms with Crippen molar-refractivity contribution in [1.29, 1.82) is 0 Å². The van der Waals surface area contributed by atoms with Crippen molar-refractivity contribution in [2.24, 2.45) is 0 Å². The molecule has 44 valence electrons. The van der Waals surface area contributed by atoms with Crippen LogP contribution in [0.25, 0.3) is 0 Å². The van der Waals surface area contributed by atoms with E-state index in [2.05, 4.69) is 15.9 Å². The van der Waals surface area contributed by atoms with E-state index in [4.69, 9.17) is 0 Å². The summed E-state index contributed by atoms with van der Waals surface area (Å²) in [6.07, 6.45) is 2.00. The van der Waals surface area contributed by atoms with E-state index < -0.39 is 0 Å². The lowest BCUT2D eigenvalue weighted by Crippen LogP contribution is -1.97. The van der Waals surface area contributed by atoms with Crippen molar-refractivity contribution in [1.82, 2.24) is 0 Å². The molecule has 7 heavy (non-hydrogen) atoms. The molecule has 1 unspecified atom stereocenters. The molecule has 0 aliphatic heterocycles. The average Bonchev–Trinajstić information content (AvgIpc) is 1.68. The molecule has 2 heteroatoms. The highest BCUT2D eigenvalue weighted by atomic mass is 79.9. The van der Waals surface area contributed by atoms with E-state index in [1.165, 1.54) is 0 Å². The maximum Gasteiger partial charge on any atom is 0.102 e. The van der Waals surface area contributed by atoms with E-state index in [-0.39, 0.29) is 11.5 Å². The van der Waals surface area contributed by atoms with Crippen LogP contribution in [0.2, 0.25) is 0 Å². The van der Waals surface area contributed by atoms with Gasteiger partial charge in [-0.3, -0.25) is 0 Å². The normalized spacial score (nSPS) is 14.1. The van der Waals surface area contributed by atoms with Crippen LogP contribution in [0, 0.1) is 0 Å². The molecule has 0 aliphatic rings. The Kier molecular flexibility index (Phi) is 4.83. The number of hydrogen-bond acceptors (Lipinski definition) is 0. The molecule has 0 spiro atoms. The van der Waals surface area contributed by atoms with Gasteiger partial charge in [0.1, 0.15) is 6.67 Å². The van der Waals surface area contributed by atoms with Gasteiger partial charge in [0.15, 0.2) is 0 Å². The zero-order valence-corrected chi connectivity index (χ0v) is 6.04. The number of hydrogen-bond donors (Lipinski definition) is 0. The van der Waals surface area contributed by atoms with Gasteiger partial charge in [0.25, 0.3) is 0 Å². The summed E-state index contributed by atoms with van der Waals surface area (Å²) in [7, 11) is 0. The summed E-state index contributed by atoms with van der Waals surface area (Å²) in [6, 6.07) is 0. The Bertz CT molecular complexity index is 39.1. The standard InChI is InChI=1S/C5H10BrF/c1-2-3-5(6)4-7/h5H,2-4H2,1H3. The molecule has 0 aromatic rings. The van der Waals surface area contributed by atoms with Gasteiger partial charge in [-0.2, -0.15) is 0 Å². The number of alkyl halides is 2. The molecular formula is C5H10BrF.